The van der Waals surface area contributed by atoms with Gasteiger partial charge in [-0.25, -0.2) is 0 Å². The zero-order chi connectivity index (χ0) is 12.3. The lowest BCUT2D eigenvalue weighted by atomic mass is 10.0. The maximum Gasteiger partial charge on any atom is 0.163 e. The van der Waals surface area contributed by atoms with Gasteiger partial charge < -0.3 is 10.1 Å². The van der Waals surface area contributed by atoms with Crippen molar-refractivity contribution in [2.24, 2.45) is 5.92 Å². The van der Waals surface area contributed by atoms with Crippen LogP contribution >= 0.6 is 23.2 Å². The summed E-state index contributed by atoms with van der Waals surface area (Å²) in [7, 11) is 0. The van der Waals surface area contributed by atoms with Gasteiger partial charge in [0.05, 0.1) is 5.02 Å². The highest BCUT2D eigenvalue weighted by molar-refractivity contribution is 6.42. The molecule has 1 aliphatic rings. The van der Waals surface area contributed by atoms with Crippen molar-refractivity contribution in [3.8, 4) is 18.1 Å². The molecule has 1 aromatic rings. The van der Waals surface area contributed by atoms with E-state index in [0.717, 1.165) is 19.5 Å². The van der Waals surface area contributed by atoms with E-state index in [1.165, 1.54) is 0 Å². The van der Waals surface area contributed by atoms with Gasteiger partial charge in [-0.15, -0.1) is 6.42 Å². The second-order valence-corrected chi connectivity index (χ2v) is 4.80. The van der Waals surface area contributed by atoms with Crippen molar-refractivity contribution in [3.05, 3.63) is 28.2 Å². The molecule has 0 bridgehead atoms. The molecule has 1 saturated heterocycles. The quantitative estimate of drug-likeness (QED) is 0.852. The Morgan fingerprint density at radius 2 is 2.29 bits per heavy atom. The molecule has 1 N–H and O–H groups in total. The van der Waals surface area contributed by atoms with Crippen LogP contribution < -0.4 is 10.1 Å². The molecule has 0 radical (unpaired) electrons. The number of halogens is 2. The summed E-state index contributed by atoms with van der Waals surface area (Å²) in [5.41, 5.74) is 0. The summed E-state index contributed by atoms with van der Waals surface area (Å²) in [4.78, 5) is 0. The van der Waals surface area contributed by atoms with Crippen LogP contribution in [0.25, 0.3) is 0 Å². The number of hydrogen-bond donors (Lipinski definition) is 1. The Balaban J connectivity index is 2.13. The summed E-state index contributed by atoms with van der Waals surface area (Å²) in [5, 5.41) is 4.16. The molecule has 2 atom stereocenters. The van der Waals surface area contributed by atoms with E-state index < -0.39 is 0 Å². The number of hydrogen-bond acceptors (Lipinski definition) is 2. The number of rotatable bonds is 3. The maximum absolute atomic E-state index is 6.06. The largest absolute Gasteiger partial charge is 0.476 e. The lowest BCUT2D eigenvalue weighted by Crippen LogP contribution is -2.27. The van der Waals surface area contributed by atoms with E-state index in [9.17, 15) is 0 Å². The van der Waals surface area contributed by atoms with E-state index in [0.29, 0.717) is 21.7 Å². The highest BCUT2D eigenvalue weighted by Crippen LogP contribution is 2.33. The second kappa shape index (κ2) is 5.64. The third-order valence-corrected chi connectivity index (χ3v) is 3.66. The van der Waals surface area contributed by atoms with Gasteiger partial charge in [0.25, 0.3) is 0 Å². The summed E-state index contributed by atoms with van der Waals surface area (Å²) in [6.45, 7) is 1.86. The first-order valence-electron chi connectivity index (χ1n) is 5.50. The minimum atomic E-state index is -0.263. The third kappa shape index (κ3) is 2.87. The number of ether oxygens (including phenoxy) is 1. The standard InChI is InChI=1S/C13H13Cl2NO/c1-2-11(9-6-7-16-8-9)17-12-5-3-4-10(14)13(12)15/h1,3-5,9,11,16H,6-8H2. The van der Waals surface area contributed by atoms with Gasteiger partial charge in [-0.3, -0.25) is 0 Å². The van der Waals surface area contributed by atoms with E-state index in [1.54, 1.807) is 18.2 Å². The van der Waals surface area contributed by atoms with Crippen molar-refractivity contribution in [2.45, 2.75) is 12.5 Å². The highest BCUT2D eigenvalue weighted by atomic mass is 35.5. The smallest absolute Gasteiger partial charge is 0.163 e. The van der Waals surface area contributed by atoms with Crippen molar-refractivity contribution < 1.29 is 4.74 Å². The molecule has 0 aromatic heterocycles. The minimum Gasteiger partial charge on any atom is -0.476 e. The summed E-state index contributed by atoms with van der Waals surface area (Å²) >= 11 is 12.0. The van der Waals surface area contributed by atoms with Crippen molar-refractivity contribution in [3.63, 3.8) is 0 Å². The molecule has 90 valence electrons. The highest BCUT2D eigenvalue weighted by Gasteiger charge is 2.25. The molecular formula is C13H13Cl2NO. The fraction of sp³-hybridized carbons (Fsp3) is 0.385. The summed E-state index contributed by atoms with van der Waals surface area (Å²) in [6, 6.07) is 5.30. The van der Waals surface area contributed by atoms with Gasteiger partial charge in [-0.05, 0) is 25.1 Å². The van der Waals surface area contributed by atoms with Gasteiger partial charge >= 0.3 is 0 Å². The number of terminal acetylenes is 1. The maximum atomic E-state index is 6.06. The van der Waals surface area contributed by atoms with Gasteiger partial charge in [0.15, 0.2) is 6.10 Å². The van der Waals surface area contributed by atoms with E-state index in [2.05, 4.69) is 11.2 Å². The van der Waals surface area contributed by atoms with Crippen LogP contribution in [0.1, 0.15) is 6.42 Å². The van der Waals surface area contributed by atoms with Crippen LogP contribution in [0.4, 0.5) is 0 Å². The summed E-state index contributed by atoms with van der Waals surface area (Å²) in [6.07, 6.45) is 6.27. The number of benzene rings is 1. The molecule has 0 amide bonds. The van der Waals surface area contributed by atoms with Crippen LogP contribution in [0, 0.1) is 18.3 Å². The molecule has 17 heavy (non-hydrogen) atoms. The van der Waals surface area contributed by atoms with Gasteiger partial charge in [0.1, 0.15) is 10.8 Å². The molecule has 2 rings (SSSR count). The minimum absolute atomic E-state index is 0.263. The van der Waals surface area contributed by atoms with Crippen LogP contribution in [0.2, 0.25) is 10.0 Å². The fourth-order valence-corrected chi connectivity index (χ4v) is 2.25. The van der Waals surface area contributed by atoms with E-state index in [4.69, 9.17) is 34.4 Å². The first-order chi connectivity index (χ1) is 8.22. The lowest BCUT2D eigenvalue weighted by Gasteiger charge is -2.20. The van der Waals surface area contributed by atoms with Crippen LogP contribution in [-0.2, 0) is 0 Å². The van der Waals surface area contributed by atoms with Gasteiger partial charge in [-0.2, -0.15) is 0 Å². The Hall–Kier alpha value is -0.880. The molecule has 1 aliphatic heterocycles. The Labute approximate surface area is 111 Å². The predicted octanol–water partition coefficient (Wildman–Crippen LogP) is 2.98. The average molecular weight is 270 g/mol. The fourth-order valence-electron chi connectivity index (χ4n) is 1.91. The molecule has 1 fully saturated rings. The van der Waals surface area contributed by atoms with E-state index in [1.807, 2.05) is 0 Å². The van der Waals surface area contributed by atoms with Crippen molar-refractivity contribution in [2.75, 3.05) is 13.1 Å². The zero-order valence-electron chi connectivity index (χ0n) is 9.25. The third-order valence-electron chi connectivity index (χ3n) is 2.86. The predicted molar refractivity (Wildman–Crippen MR) is 70.7 cm³/mol. The van der Waals surface area contributed by atoms with E-state index in [-0.39, 0.29) is 6.10 Å². The number of nitrogens with one attached hydrogen (secondary N) is 1. The van der Waals surface area contributed by atoms with Gasteiger partial charge in [0.2, 0.25) is 0 Å². The first-order valence-corrected chi connectivity index (χ1v) is 6.25. The molecule has 0 spiro atoms. The molecule has 4 heteroatoms. The summed E-state index contributed by atoms with van der Waals surface area (Å²) in [5.74, 6) is 3.55. The Kier molecular flexibility index (Phi) is 4.17. The lowest BCUT2D eigenvalue weighted by molar-refractivity contribution is 0.197. The monoisotopic (exact) mass is 269 g/mol. The second-order valence-electron chi connectivity index (χ2n) is 4.01. The normalized spacial score (nSPS) is 20.9. The molecule has 1 heterocycles. The average Bonchev–Trinajstić information content (AvgIpc) is 2.85. The Morgan fingerprint density at radius 3 is 2.94 bits per heavy atom. The molecule has 2 nitrogen and oxygen atoms in total. The summed E-state index contributed by atoms with van der Waals surface area (Å²) < 4.78 is 5.77. The van der Waals surface area contributed by atoms with Crippen LogP contribution in [0.15, 0.2) is 18.2 Å². The van der Waals surface area contributed by atoms with Crippen molar-refractivity contribution >= 4 is 23.2 Å². The molecule has 0 aliphatic carbocycles. The molecule has 1 aromatic carbocycles. The Bertz CT molecular complexity index is 436. The Morgan fingerprint density at radius 1 is 1.47 bits per heavy atom. The van der Waals surface area contributed by atoms with Crippen molar-refractivity contribution in [1.82, 2.24) is 5.32 Å². The van der Waals surface area contributed by atoms with Crippen LogP contribution in [-0.4, -0.2) is 19.2 Å². The van der Waals surface area contributed by atoms with Crippen molar-refractivity contribution in [1.29, 1.82) is 0 Å². The van der Waals surface area contributed by atoms with Crippen LogP contribution in [0.3, 0.4) is 0 Å². The van der Waals surface area contributed by atoms with Crippen LogP contribution in [0.5, 0.6) is 5.75 Å². The molecule has 0 saturated carbocycles. The van der Waals surface area contributed by atoms with Gasteiger partial charge in [-0.1, -0.05) is 35.2 Å². The van der Waals surface area contributed by atoms with Gasteiger partial charge in [0, 0.05) is 12.5 Å². The topological polar surface area (TPSA) is 21.3 Å². The molecular weight excluding hydrogens is 257 g/mol. The molecule has 2 unspecified atom stereocenters. The zero-order valence-corrected chi connectivity index (χ0v) is 10.8. The SMILES string of the molecule is C#CC(Oc1cccc(Cl)c1Cl)C1CCNC1. The first kappa shape index (κ1) is 12.6. The van der Waals surface area contributed by atoms with E-state index >= 15 is 0 Å².